The van der Waals surface area contributed by atoms with Crippen LogP contribution in [0.25, 0.3) is 10.9 Å². The van der Waals surface area contributed by atoms with E-state index in [0.717, 1.165) is 27.7 Å². The van der Waals surface area contributed by atoms with Crippen LogP contribution < -0.4 is 10.5 Å². The van der Waals surface area contributed by atoms with Crippen LogP contribution in [-0.4, -0.2) is 10.9 Å². The molecule has 3 aromatic carbocycles. The van der Waals surface area contributed by atoms with E-state index in [4.69, 9.17) is 0 Å². The smallest absolute Gasteiger partial charge is 0.258 e. The van der Waals surface area contributed by atoms with Gasteiger partial charge in [-0.05, 0) is 61.2 Å². The largest absolute Gasteiger partial charge is 0.322 e. The third-order valence-corrected chi connectivity index (χ3v) is 5.08. The molecule has 0 bridgehead atoms. The van der Waals surface area contributed by atoms with Crippen LogP contribution in [0.3, 0.4) is 0 Å². The molecule has 29 heavy (non-hydrogen) atoms. The van der Waals surface area contributed by atoms with Crippen molar-refractivity contribution in [3.8, 4) is 0 Å². The van der Waals surface area contributed by atoms with Crippen LogP contribution in [0.4, 0.5) is 5.69 Å². The number of nitrogens with one attached hydrogen (secondary N) is 1. The van der Waals surface area contributed by atoms with E-state index in [1.807, 2.05) is 80.6 Å². The van der Waals surface area contributed by atoms with Crippen molar-refractivity contribution in [1.29, 1.82) is 0 Å². The summed E-state index contributed by atoms with van der Waals surface area (Å²) in [5.41, 5.74) is 4.64. The van der Waals surface area contributed by atoms with Gasteiger partial charge in [0.05, 0.1) is 6.54 Å². The molecular weight excluding hydrogens is 360 g/mol. The molecule has 0 saturated heterocycles. The van der Waals surface area contributed by atoms with E-state index in [2.05, 4.69) is 4.98 Å². The molecule has 1 amide bonds. The topological polar surface area (TPSA) is 53.2 Å². The summed E-state index contributed by atoms with van der Waals surface area (Å²) in [6.07, 6.45) is 0. The number of fused-ring (bicyclic) bond motifs is 1. The molecule has 1 aromatic heterocycles. The van der Waals surface area contributed by atoms with Gasteiger partial charge in [-0.25, -0.2) is 0 Å². The highest BCUT2D eigenvalue weighted by Gasteiger charge is 2.21. The van der Waals surface area contributed by atoms with Crippen molar-refractivity contribution in [3.63, 3.8) is 0 Å². The number of nitrogens with zero attached hydrogens (tertiary/aromatic N) is 1. The lowest BCUT2D eigenvalue weighted by Crippen LogP contribution is -2.33. The van der Waals surface area contributed by atoms with Crippen LogP contribution in [0.2, 0.25) is 0 Å². The van der Waals surface area contributed by atoms with E-state index in [0.29, 0.717) is 11.1 Å². The zero-order valence-electron chi connectivity index (χ0n) is 16.5. The van der Waals surface area contributed by atoms with E-state index in [9.17, 15) is 9.59 Å². The number of hydrogen-bond acceptors (Lipinski definition) is 2. The number of H-pyrrole nitrogens is 1. The zero-order valence-corrected chi connectivity index (χ0v) is 16.5. The number of carbonyl (C=O) groups excluding carboxylic acids is 1. The van der Waals surface area contributed by atoms with Crippen LogP contribution >= 0.6 is 0 Å². The third-order valence-electron chi connectivity index (χ3n) is 5.08. The SMILES string of the molecule is Cc1ccc2[nH]c(=O)c(CN(C(=O)c3ccccc3)c3ccccc3C)cc2c1. The summed E-state index contributed by atoms with van der Waals surface area (Å²) in [5, 5.41) is 0.955. The quantitative estimate of drug-likeness (QED) is 0.540. The molecule has 0 spiro atoms. The Balaban J connectivity index is 1.81. The lowest BCUT2D eigenvalue weighted by molar-refractivity contribution is 0.0985. The molecule has 0 saturated carbocycles. The standard InChI is InChI=1S/C25H22N2O2/c1-17-12-13-22-20(14-17)15-21(24(28)26-22)16-27(23-11-7-6-8-18(23)2)25(29)19-9-4-3-5-10-19/h3-15H,16H2,1-2H3,(H,26,28). The Bertz CT molecular complexity index is 1240. The number of aromatic nitrogens is 1. The Morgan fingerprint density at radius 2 is 1.62 bits per heavy atom. The second-order valence-electron chi connectivity index (χ2n) is 7.26. The predicted octanol–water partition coefficient (Wildman–Crippen LogP) is 4.99. The zero-order chi connectivity index (χ0) is 20.4. The fourth-order valence-corrected chi connectivity index (χ4v) is 3.53. The van der Waals surface area contributed by atoms with Crippen LogP contribution in [-0.2, 0) is 6.54 Å². The third kappa shape index (κ3) is 3.83. The minimum atomic E-state index is -0.180. The molecule has 4 nitrogen and oxygen atoms in total. The van der Waals surface area contributed by atoms with Crippen molar-refractivity contribution in [1.82, 2.24) is 4.98 Å². The summed E-state index contributed by atoms with van der Waals surface area (Å²) >= 11 is 0. The van der Waals surface area contributed by atoms with E-state index in [-0.39, 0.29) is 18.0 Å². The average Bonchev–Trinajstić information content (AvgIpc) is 2.73. The second-order valence-corrected chi connectivity index (χ2v) is 7.26. The van der Waals surface area contributed by atoms with Gasteiger partial charge in [0.2, 0.25) is 0 Å². The van der Waals surface area contributed by atoms with Gasteiger partial charge in [-0.2, -0.15) is 0 Å². The normalized spacial score (nSPS) is 10.8. The molecule has 1 N–H and O–H groups in total. The average molecular weight is 382 g/mol. The highest BCUT2D eigenvalue weighted by molar-refractivity contribution is 6.06. The summed E-state index contributed by atoms with van der Waals surface area (Å²) < 4.78 is 0. The first-order valence-corrected chi connectivity index (χ1v) is 9.58. The van der Waals surface area contributed by atoms with E-state index < -0.39 is 0 Å². The number of amides is 1. The molecule has 0 radical (unpaired) electrons. The lowest BCUT2D eigenvalue weighted by Gasteiger charge is -2.24. The molecule has 0 aliphatic heterocycles. The number of aryl methyl sites for hydroxylation is 2. The van der Waals surface area contributed by atoms with E-state index >= 15 is 0 Å². The second kappa shape index (κ2) is 7.76. The van der Waals surface area contributed by atoms with Gasteiger partial charge in [-0.15, -0.1) is 0 Å². The summed E-state index contributed by atoms with van der Waals surface area (Å²) in [7, 11) is 0. The molecule has 4 aromatic rings. The molecule has 0 aliphatic carbocycles. The Hall–Kier alpha value is -3.66. The molecule has 1 heterocycles. The number of hydrogen-bond donors (Lipinski definition) is 1. The van der Waals surface area contributed by atoms with Crippen LogP contribution in [0.15, 0.2) is 83.7 Å². The van der Waals surface area contributed by atoms with E-state index in [1.54, 1.807) is 17.0 Å². The summed E-state index contributed by atoms with van der Waals surface area (Å²) in [6.45, 7) is 4.18. The minimum absolute atomic E-state index is 0.136. The fraction of sp³-hybridized carbons (Fsp3) is 0.120. The first-order chi connectivity index (χ1) is 14.0. The molecule has 144 valence electrons. The Kier molecular flexibility index (Phi) is 5.00. The van der Waals surface area contributed by atoms with Crippen molar-refractivity contribution >= 4 is 22.5 Å². The van der Waals surface area contributed by atoms with Crippen molar-refractivity contribution in [3.05, 3.63) is 111 Å². The first kappa shape index (κ1) is 18.7. The molecular formula is C25H22N2O2. The van der Waals surface area contributed by atoms with Gasteiger partial charge < -0.3 is 9.88 Å². The fourth-order valence-electron chi connectivity index (χ4n) is 3.53. The van der Waals surface area contributed by atoms with Gasteiger partial charge in [0.1, 0.15) is 0 Å². The molecule has 4 heteroatoms. The van der Waals surface area contributed by atoms with Gasteiger partial charge >= 0.3 is 0 Å². The minimum Gasteiger partial charge on any atom is -0.322 e. The maximum Gasteiger partial charge on any atom is 0.258 e. The number of rotatable bonds is 4. The number of carbonyl (C=O) groups is 1. The highest BCUT2D eigenvalue weighted by Crippen LogP contribution is 2.24. The highest BCUT2D eigenvalue weighted by atomic mass is 16.2. The summed E-state index contributed by atoms with van der Waals surface area (Å²) in [5.74, 6) is -0.136. The van der Waals surface area contributed by atoms with Crippen molar-refractivity contribution < 1.29 is 4.79 Å². The number of benzene rings is 3. The van der Waals surface area contributed by atoms with Gasteiger partial charge in [0.25, 0.3) is 11.5 Å². The predicted molar refractivity (Wildman–Crippen MR) is 117 cm³/mol. The molecule has 0 aliphatic rings. The van der Waals surface area contributed by atoms with Gasteiger partial charge in [0, 0.05) is 22.3 Å². The van der Waals surface area contributed by atoms with Crippen LogP contribution in [0.1, 0.15) is 27.0 Å². The monoisotopic (exact) mass is 382 g/mol. The lowest BCUT2D eigenvalue weighted by atomic mass is 10.1. The Morgan fingerprint density at radius 3 is 2.38 bits per heavy atom. The Morgan fingerprint density at radius 1 is 0.897 bits per heavy atom. The first-order valence-electron chi connectivity index (χ1n) is 9.58. The van der Waals surface area contributed by atoms with Crippen LogP contribution in [0, 0.1) is 13.8 Å². The molecule has 0 fully saturated rings. The number of pyridine rings is 1. The Labute approximate surface area is 169 Å². The number of anilines is 1. The maximum absolute atomic E-state index is 13.3. The summed E-state index contributed by atoms with van der Waals surface area (Å²) in [4.78, 5) is 30.7. The van der Waals surface area contributed by atoms with Crippen LogP contribution in [0.5, 0.6) is 0 Å². The van der Waals surface area contributed by atoms with Crippen molar-refractivity contribution in [2.24, 2.45) is 0 Å². The molecule has 0 atom stereocenters. The maximum atomic E-state index is 13.3. The number of aromatic amines is 1. The van der Waals surface area contributed by atoms with Crippen molar-refractivity contribution in [2.45, 2.75) is 20.4 Å². The number of para-hydroxylation sites is 1. The van der Waals surface area contributed by atoms with Gasteiger partial charge in [0.15, 0.2) is 0 Å². The van der Waals surface area contributed by atoms with Crippen molar-refractivity contribution in [2.75, 3.05) is 4.90 Å². The van der Waals surface area contributed by atoms with Gasteiger partial charge in [-0.1, -0.05) is 48.0 Å². The van der Waals surface area contributed by atoms with Gasteiger partial charge in [-0.3, -0.25) is 9.59 Å². The molecule has 0 unspecified atom stereocenters. The summed E-state index contributed by atoms with van der Waals surface area (Å²) in [6, 6.07) is 24.7. The van der Waals surface area contributed by atoms with E-state index in [1.165, 1.54) is 0 Å². The molecule has 4 rings (SSSR count).